The molecule has 0 bridgehead atoms. The van der Waals surface area contributed by atoms with Gasteiger partial charge in [0, 0.05) is 45.6 Å². The lowest BCUT2D eigenvalue weighted by Gasteiger charge is -2.23. The molecular weight excluding hydrogens is 358 g/mol. The van der Waals surface area contributed by atoms with Crippen LogP contribution in [0.25, 0.3) is 0 Å². The minimum atomic E-state index is -0.338. The van der Waals surface area contributed by atoms with Crippen LogP contribution in [0.5, 0.6) is 0 Å². The van der Waals surface area contributed by atoms with E-state index in [1.807, 2.05) is 18.7 Å². The Balaban J connectivity index is 1.53. The molecule has 28 heavy (non-hydrogen) atoms. The monoisotopic (exact) mass is 385 g/mol. The van der Waals surface area contributed by atoms with Gasteiger partial charge in [-0.2, -0.15) is 0 Å². The van der Waals surface area contributed by atoms with Crippen molar-refractivity contribution in [3.05, 3.63) is 35.4 Å². The van der Waals surface area contributed by atoms with Crippen LogP contribution in [-0.4, -0.2) is 71.1 Å². The minimum Gasteiger partial charge on any atom is -0.341 e. The van der Waals surface area contributed by atoms with Gasteiger partial charge in [-0.1, -0.05) is 26.0 Å². The highest BCUT2D eigenvalue weighted by molar-refractivity contribution is 6.21. The van der Waals surface area contributed by atoms with E-state index in [0.29, 0.717) is 49.6 Å². The maximum atomic E-state index is 12.6. The Hall–Kier alpha value is -2.70. The smallest absolute Gasteiger partial charge is 0.261 e. The molecule has 0 unspecified atom stereocenters. The van der Waals surface area contributed by atoms with Gasteiger partial charge in [0.1, 0.15) is 0 Å². The van der Waals surface area contributed by atoms with E-state index >= 15 is 0 Å². The molecule has 150 valence electrons. The summed E-state index contributed by atoms with van der Waals surface area (Å²) in [5.41, 5.74) is 0.794. The predicted octanol–water partition coefficient (Wildman–Crippen LogP) is 1.78. The third kappa shape index (κ3) is 4.24. The van der Waals surface area contributed by atoms with E-state index in [1.54, 1.807) is 29.2 Å². The Kier molecular flexibility index (Phi) is 6.11. The van der Waals surface area contributed by atoms with Gasteiger partial charge in [-0.15, -0.1) is 0 Å². The fourth-order valence-electron chi connectivity index (χ4n) is 3.70. The number of carbonyl (C=O) groups is 4. The number of nitrogens with zero attached hydrogens (tertiary/aromatic N) is 3. The summed E-state index contributed by atoms with van der Waals surface area (Å²) >= 11 is 0. The lowest BCUT2D eigenvalue weighted by atomic mass is 10.1. The Morgan fingerprint density at radius 3 is 1.96 bits per heavy atom. The molecule has 3 rings (SSSR count). The highest BCUT2D eigenvalue weighted by atomic mass is 16.2. The Labute approximate surface area is 165 Å². The van der Waals surface area contributed by atoms with Crippen LogP contribution in [0.3, 0.4) is 0 Å². The van der Waals surface area contributed by atoms with Crippen LogP contribution in [0, 0.1) is 5.92 Å². The fourth-order valence-corrected chi connectivity index (χ4v) is 3.70. The molecule has 2 heterocycles. The second-order valence-electron chi connectivity index (χ2n) is 7.77. The molecule has 7 heteroatoms. The lowest BCUT2D eigenvalue weighted by Crippen LogP contribution is -2.39. The van der Waals surface area contributed by atoms with Crippen LogP contribution >= 0.6 is 0 Å². The van der Waals surface area contributed by atoms with Gasteiger partial charge < -0.3 is 9.80 Å². The van der Waals surface area contributed by atoms with Crippen molar-refractivity contribution in [1.82, 2.24) is 14.7 Å². The fraction of sp³-hybridized carbons (Fsp3) is 0.524. The molecule has 7 nitrogen and oxygen atoms in total. The Morgan fingerprint density at radius 1 is 0.893 bits per heavy atom. The van der Waals surface area contributed by atoms with Gasteiger partial charge in [-0.25, -0.2) is 0 Å². The van der Waals surface area contributed by atoms with Crippen molar-refractivity contribution >= 4 is 23.6 Å². The van der Waals surface area contributed by atoms with Crippen molar-refractivity contribution in [3.63, 3.8) is 0 Å². The minimum absolute atomic E-state index is 0.0810. The summed E-state index contributed by atoms with van der Waals surface area (Å²) in [6, 6.07) is 6.72. The molecule has 1 fully saturated rings. The van der Waals surface area contributed by atoms with E-state index in [0.717, 1.165) is 11.3 Å². The SMILES string of the molecule is CC(C)CC(=O)N1CCCN(C(=O)CCN2C(=O)c3ccccc3C2=O)CC1. The standard InChI is InChI=1S/C21H27N3O4/c1-15(2)14-19(26)23-10-5-9-22(12-13-23)18(25)8-11-24-20(27)16-6-3-4-7-17(16)21(24)28/h3-4,6-7,15H,5,8-14H2,1-2H3. The first-order valence-corrected chi connectivity index (χ1v) is 9.89. The average molecular weight is 385 g/mol. The molecule has 2 aliphatic heterocycles. The van der Waals surface area contributed by atoms with Gasteiger partial charge >= 0.3 is 0 Å². The van der Waals surface area contributed by atoms with E-state index in [4.69, 9.17) is 0 Å². The van der Waals surface area contributed by atoms with Crippen LogP contribution < -0.4 is 0 Å². The summed E-state index contributed by atoms with van der Waals surface area (Å²) in [5, 5.41) is 0. The molecule has 1 saturated heterocycles. The maximum Gasteiger partial charge on any atom is 0.261 e. The number of hydrogen-bond donors (Lipinski definition) is 0. The van der Waals surface area contributed by atoms with Crippen molar-refractivity contribution < 1.29 is 19.2 Å². The number of rotatable bonds is 5. The van der Waals surface area contributed by atoms with Gasteiger partial charge in [-0.3, -0.25) is 24.1 Å². The molecule has 4 amide bonds. The second kappa shape index (κ2) is 8.54. The number of benzene rings is 1. The molecule has 0 N–H and O–H groups in total. The normalized spacial score (nSPS) is 17.2. The zero-order valence-corrected chi connectivity index (χ0v) is 16.5. The van der Waals surface area contributed by atoms with Crippen molar-refractivity contribution in [3.8, 4) is 0 Å². The molecule has 0 atom stereocenters. The molecule has 1 aromatic rings. The third-order valence-corrected chi connectivity index (χ3v) is 5.21. The van der Waals surface area contributed by atoms with E-state index in [2.05, 4.69) is 0 Å². The topological polar surface area (TPSA) is 78.0 Å². The number of fused-ring (bicyclic) bond motifs is 1. The summed E-state index contributed by atoms with van der Waals surface area (Å²) in [5.74, 6) is -0.317. The van der Waals surface area contributed by atoms with Crippen molar-refractivity contribution in [2.45, 2.75) is 33.1 Å². The lowest BCUT2D eigenvalue weighted by molar-refractivity contribution is -0.134. The quantitative estimate of drug-likeness (QED) is 0.724. The summed E-state index contributed by atoms with van der Waals surface area (Å²) in [7, 11) is 0. The zero-order valence-electron chi connectivity index (χ0n) is 16.5. The van der Waals surface area contributed by atoms with E-state index < -0.39 is 0 Å². The second-order valence-corrected chi connectivity index (χ2v) is 7.77. The molecule has 1 aromatic carbocycles. The number of amides is 4. The van der Waals surface area contributed by atoms with Crippen LogP contribution in [0.4, 0.5) is 0 Å². The first-order valence-electron chi connectivity index (χ1n) is 9.89. The van der Waals surface area contributed by atoms with Crippen molar-refractivity contribution in [2.75, 3.05) is 32.7 Å². The number of hydrogen-bond acceptors (Lipinski definition) is 4. The van der Waals surface area contributed by atoms with Gasteiger partial charge in [0.25, 0.3) is 11.8 Å². The van der Waals surface area contributed by atoms with Crippen LogP contribution in [0.15, 0.2) is 24.3 Å². The van der Waals surface area contributed by atoms with Gasteiger partial charge in [0.05, 0.1) is 11.1 Å². The number of imide groups is 1. The zero-order chi connectivity index (χ0) is 20.3. The molecule has 2 aliphatic rings. The van der Waals surface area contributed by atoms with Crippen LogP contribution in [0.2, 0.25) is 0 Å². The van der Waals surface area contributed by atoms with E-state index in [-0.39, 0.29) is 36.6 Å². The molecule has 0 radical (unpaired) electrons. The Morgan fingerprint density at radius 2 is 1.43 bits per heavy atom. The predicted molar refractivity (Wildman–Crippen MR) is 104 cm³/mol. The van der Waals surface area contributed by atoms with E-state index in [9.17, 15) is 19.2 Å². The van der Waals surface area contributed by atoms with Gasteiger partial charge in [0.15, 0.2) is 0 Å². The molecule has 0 aromatic heterocycles. The summed E-state index contributed by atoms with van der Waals surface area (Å²) in [6.07, 6.45) is 1.36. The summed E-state index contributed by atoms with van der Waals surface area (Å²) in [4.78, 5) is 54.4. The molecule has 0 spiro atoms. The largest absolute Gasteiger partial charge is 0.341 e. The highest BCUT2D eigenvalue weighted by Crippen LogP contribution is 2.22. The average Bonchev–Trinajstić information content (AvgIpc) is 2.84. The third-order valence-electron chi connectivity index (χ3n) is 5.21. The first-order chi connectivity index (χ1) is 13.4. The van der Waals surface area contributed by atoms with Crippen molar-refractivity contribution in [2.24, 2.45) is 5.92 Å². The maximum absolute atomic E-state index is 12.6. The van der Waals surface area contributed by atoms with Crippen LogP contribution in [0.1, 0.15) is 53.8 Å². The van der Waals surface area contributed by atoms with Crippen molar-refractivity contribution in [1.29, 1.82) is 0 Å². The Bertz CT molecular complexity index is 755. The molecule has 0 aliphatic carbocycles. The summed E-state index contributed by atoms with van der Waals surface area (Å²) < 4.78 is 0. The highest BCUT2D eigenvalue weighted by Gasteiger charge is 2.35. The van der Waals surface area contributed by atoms with Gasteiger partial charge in [0.2, 0.25) is 11.8 Å². The van der Waals surface area contributed by atoms with Crippen LogP contribution in [-0.2, 0) is 9.59 Å². The first kappa shape index (κ1) is 20.0. The summed E-state index contributed by atoms with van der Waals surface area (Å²) in [6.45, 7) is 6.39. The number of carbonyl (C=O) groups excluding carboxylic acids is 4. The van der Waals surface area contributed by atoms with E-state index in [1.165, 1.54) is 0 Å². The van der Waals surface area contributed by atoms with Gasteiger partial charge in [-0.05, 0) is 24.5 Å². The molecule has 0 saturated carbocycles. The molecular formula is C21H27N3O4.